The van der Waals surface area contributed by atoms with Crippen molar-refractivity contribution < 1.29 is 4.74 Å². The molecule has 2 aromatic carbocycles. The molecule has 0 bridgehead atoms. The first-order chi connectivity index (χ1) is 9.92. The van der Waals surface area contributed by atoms with Gasteiger partial charge in [0.2, 0.25) is 5.82 Å². The normalized spacial score (nSPS) is 17.1. The highest BCUT2D eigenvalue weighted by Gasteiger charge is 2.24. The summed E-state index contributed by atoms with van der Waals surface area (Å²) in [6, 6.07) is 16.5. The van der Waals surface area contributed by atoms with Gasteiger partial charge in [-0.1, -0.05) is 48.5 Å². The number of nitrogens with one attached hydrogen (secondary N) is 1. The van der Waals surface area contributed by atoms with Crippen LogP contribution in [0.5, 0.6) is 0 Å². The highest BCUT2D eigenvalue weighted by molar-refractivity contribution is 5.80. The summed E-state index contributed by atoms with van der Waals surface area (Å²) >= 11 is 0. The van der Waals surface area contributed by atoms with E-state index in [0.29, 0.717) is 5.82 Å². The number of ether oxygens (including phenoxy) is 1. The summed E-state index contributed by atoms with van der Waals surface area (Å²) in [5.41, 5.74) is 4.43. The van der Waals surface area contributed by atoms with Gasteiger partial charge in [-0.3, -0.25) is 0 Å². The molecule has 1 unspecified atom stereocenters. The number of benzene rings is 2. The lowest BCUT2D eigenvalue weighted by molar-refractivity contribution is 0.415. The SMILES string of the molecule is c1ccc(-c2nn[nH]n2)c(-c2ccc(C3CO3)cc2)c1. The lowest BCUT2D eigenvalue weighted by Crippen LogP contribution is -1.88. The molecule has 20 heavy (non-hydrogen) atoms. The van der Waals surface area contributed by atoms with Crippen LogP contribution in [0.15, 0.2) is 48.5 Å². The van der Waals surface area contributed by atoms with Gasteiger partial charge >= 0.3 is 0 Å². The predicted molar refractivity (Wildman–Crippen MR) is 73.7 cm³/mol. The van der Waals surface area contributed by atoms with Gasteiger partial charge in [-0.2, -0.15) is 5.21 Å². The van der Waals surface area contributed by atoms with Crippen molar-refractivity contribution in [2.45, 2.75) is 6.10 Å². The molecule has 0 amide bonds. The van der Waals surface area contributed by atoms with E-state index < -0.39 is 0 Å². The lowest BCUT2D eigenvalue weighted by Gasteiger charge is -2.07. The molecule has 1 aromatic heterocycles. The van der Waals surface area contributed by atoms with Gasteiger partial charge in [0.15, 0.2) is 0 Å². The van der Waals surface area contributed by atoms with Gasteiger partial charge in [0.1, 0.15) is 6.10 Å². The first-order valence-electron chi connectivity index (χ1n) is 6.46. The Kier molecular flexibility index (Phi) is 2.57. The smallest absolute Gasteiger partial charge is 0.205 e. The summed E-state index contributed by atoms with van der Waals surface area (Å²) in [7, 11) is 0. The van der Waals surface area contributed by atoms with E-state index in [1.54, 1.807) is 0 Å². The Bertz CT molecular complexity index is 718. The summed E-state index contributed by atoms with van der Waals surface area (Å²) < 4.78 is 5.29. The van der Waals surface area contributed by atoms with Crippen molar-refractivity contribution >= 4 is 0 Å². The quantitative estimate of drug-likeness (QED) is 0.738. The van der Waals surface area contributed by atoms with Gasteiger partial charge < -0.3 is 4.74 Å². The molecule has 0 saturated carbocycles. The second kappa shape index (κ2) is 4.54. The number of epoxide rings is 1. The summed E-state index contributed by atoms with van der Waals surface area (Å²) in [6.07, 6.45) is 0.288. The Morgan fingerprint density at radius 3 is 2.40 bits per heavy atom. The average molecular weight is 264 g/mol. The van der Waals surface area contributed by atoms with Crippen molar-refractivity contribution in [1.29, 1.82) is 0 Å². The molecule has 1 aliphatic rings. The summed E-state index contributed by atoms with van der Waals surface area (Å²) in [5, 5.41) is 14.2. The van der Waals surface area contributed by atoms with E-state index in [-0.39, 0.29) is 6.10 Å². The maximum atomic E-state index is 5.29. The standard InChI is InChI=1S/C15H12N4O/c1-2-4-13(15-16-18-19-17-15)12(3-1)10-5-7-11(8-6-10)14-9-20-14/h1-8,14H,9H2,(H,16,17,18,19). The Morgan fingerprint density at radius 2 is 1.75 bits per heavy atom. The molecule has 1 N–H and O–H groups in total. The van der Waals surface area contributed by atoms with Crippen LogP contribution in [0, 0.1) is 0 Å². The third-order valence-electron chi connectivity index (χ3n) is 3.44. The first-order valence-corrected chi connectivity index (χ1v) is 6.46. The van der Waals surface area contributed by atoms with E-state index in [1.165, 1.54) is 5.56 Å². The monoisotopic (exact) mass is 264 g/mol. The van der Waals surface area contributed by atoms with Crippen LogP contribution in [-0.2, 0) is 4.74 Å². The fraction of sp³-hybridized carbons (Fsp3) is 0.133. The molecular formula is C15H12N4O. The molecule has 5 nitrogen and oxygen atoms in total. The van der Waals surface area contributed by atoms with Gasteiger partial charge in [-0.05, 0) is 21.9 Å². The second-order valence-corrected chi connectivity index (χ2v) is 4.72. The van der Waals surface area contributed by atoms with Crippen LogP contribution in [0.1, 0.15) is 11.7 Å². The Hall–Kier alpha value is -2.53. The largest absolute Gasteiger partial charge is 0.368 e. The van der Waals surface area contributed by atoms with Crippen molar-refractivity contribution in [3.8, 4) is 22.5 Å². The van der Waals surface area contributed by atoms with E-state index in [1.807, 2.05) is 18.2 Å². The predicted octanol–water partition coefficient (Wildman–Crippen LogP) is 2.61. The van der Waals surface area contributed by atoms with Gasteiger partial charge in [-0.15, -0.1) is 10.2 Å². The second-order valence-electron chi connectivity index (χ2n) is 4.72. The molecule has 1 atom stereocenters. The van der Waals surface area contributed by atoms with Crippen LogP contribution < -0.4 is 0 Å². The highest BCUT2D eigenvalue weighted by atomic mass is 16.6. The molecule has 4 rings (SSSR count). The van der Waals surface area contributed by atoms with Gasteiger partial charge in [0, 0.05) is 5.56 Å². The van der Waals surface area contributed by atoms with Crippen molar-refractivity contribution in [2.24, 2.45) is 0 Å². The van der Waals surface area contributed by atoms with E-state index >= 15 is 0 Å². The fourth-order valence-corrected chi connectivity index (χ4v) is 2.32. The van der Waals surface area contributed by atoms with Crippen LogP contribution in [0.3, 0.4) is 0 Å². The average Bonchev–Trinajstić information content (AvgIpc) is 3.22. The van der Waals surface area contributed by atoms with Crippen LogP contribution in [0.25, 0.3) is 22.5 Å². The number of hydrogen-bond acceptors (Lipinski definition) is 4. The first kappa shape index (κ1) is 11.3. The molecule has 3 aromatic rings. The van der Waals surface area contributed by atoms with Gasteiger partial charge in [0.05, 0.1) is 6.61 Å². The topological polar surface area (TPSA) is 67.0 Å². The van der Waals surface area contributed by atoms with Crippen molar-refractivity contribution in [1.82, 2.24) is 20.6 Å². The molecule has 5 heteroatoms. The number of tetrazole rings is 1. The van der Waals surface area contributed by atoms with Crippen LogP contribution >= 0.6 is 0 Å². The van der Waals surface area contributed by atoms with Crippen LogP contribution in [0.4, 0.5) is 0 Å². The third-order valence-corrected chi connectivity index (χ3v) is 3.44. The molecule has 0 aliphatic carbocycles. The Balaban J connectivity index is 1.77. The fourth-order valence-electron chi connectivity index (χ4n) is 2.32. The van der Waals surface area contributed by atoms with Gasteiger partial charge in [0.25, 0.3) is 0 Å². The van der Waals surface area contributed by atoms with Gasteiger partial charge in [-0.25, -0.2) is 0 Å². The van der Waals surface area contributed by atoms with Crippen molar-refractivity contribution in [2.75, 3.05) is 6.61 Å². The van der Waals surface area contributed by atoms with E-state index in [2.05, 4.69) is 51.0 Å². The molecular weight excluding hydrogens is 252 g/mol. The van der Waals surface area contributed by atoms with E-state index in [0.717, 1.165) is 23.3 Å². The van der Waals surface area contributed by atoms with Crippen LogP contribution in [-0.4, -0.2) is 27.2 Å². The zero-order chi connectivity index (χ0) is 13.4. The number of aromatic amines is 1. The Labute approximate surface area is 115 Å². The summed E-state index contributed by atoms with van der Waals surface area (Å²) in [5.74, 6) is 0.607. The molecule has 2 heterocycles. The molecule has 1 fully saturated rings. The number of rotatable bonds is 3. The zero-order valence-corrected chi connectivity index (χ0v) is 10.7. The maximum Gasteiger partial charge on any atom is 0.205 e. The molecule has 1 saturated heterocycles. The number of hydrogen-bond donors (Lipinski definition) is 1. The third kappa shape index (κ3) is 1.98. The number of H-pyrrole nitrogens is 1. The minimum atomic E-state index is 0.288. The molecule has 98 valence electrons. The van der Waals surface area contributed by atoms with Crippen molar-refractivity contribution in [3.05, 3.63) is 54.1 Å². The minimum Gasteiger partial charge on any atom is -0.368 e. The molecule has 0 radical (unpaired) electrons. The number of nitrogens with zero attached hydrogens (tertiary/aromatic N) is 3. The van der Waals surface area contributed by atoms with Crippen molar-refractivity contribution in [3.63, 3.8) is 0 Å². The maximum absolute atomic E-state index is 5.29. The Morgan fingerprint density at radius 1 is 1.00 bits per heavy atom. The highest BCUT2D eigenvalue weighted by Crippen LogP contribution is 2.33. The van der Waals surface area contributed by atoms with Crippen LogP contribution in [0.2, 0.25) is 0 Å². The summed E-state index contributed by atoms with van der Waals surface area (Å²) in [6.45, 7) is 0.832. The minimum absolute atomic E-state index is 0.288. The lowest BCUT2D eigenvalue weighted by atomic mass is 9.98. The summed E-state index contributed by atoms with van der Waals surface area (Å²) in [4.78, 5) is 0. The van der Waals surface area contributed by atoms with E-state index in [9.17, 15) is 0 Å². The van der Waals surface area contributed by atoms with E-state index in [4.69, 9.17) is 4.74 Å². The molecule has 0 spiro atoms. The zero-order valence-electron chi connectivity index (χ0n) is 10.7. The molecule has 1 aliphatic heterocycles. The number of aromatic nitrogens is 4.